The molecule has 0 saturated heterocycles. The maximum atomic E-state index is 3.89. The van der Waals surface area contributed by atoms with Crippen molar-refractivity contribution >= 4 is 0 Å². The van der Waals surface area contributed by atoms with Gasteiger partial charge in [-0.15, -0.1) is 6.58 Å². The van der Waals surface area contributed by atoms with Gasteiger partial charge in [-0.1, -0.05) is 119 Å². The summed E-state index contributed by atoms with van der Waals surface area (Å²) in [7, 11) is 0. The van der Waals surface area contributed by atoms with Gasteiger partial charge < -0.3 is 5.32 Å². The van der Waals surface area contributed by atoms with Gasteiger partial charge in [0.2, 0.25) is 0 Å². The van der Waals surface area contributed by atoms with Gasteiger partial charge in [-0.3, -0.25) is 0 Å². The highest BCUT2D eigenvalue weighted by Gasteiger charge is 2.14. The van der Waals surface area contributed by atoms with E-state index in [9.17, 15) is 0 Å². The number of hydrogen-bond donors (Lipinski definition) is 1. The molecule has 1 aliphatic carbocycles. The van der Waals surface area contributed by atoms with Gasteiger partial charge in [0.25, 0.3) is 0 Å². The molecular weight excluding hydrogens is 398 g/mol. The fourth-order valence-corrected chi connectivity index (χ4v) is 3.92. The number of benzene rings is 2. The first-order chi connectivity index (χ1) is 16.1. The lowest BCUT2D eigenvalue weighted by atomic mass is 9.94. The maximum Gasteiger partial charge on any atom is 0.0485 e. The number of hydrogen-bond acceptors (Lipinski definition) is 1. The molecule has 2 aromatic rings. The van der Waals surface area contributed by atoms with E-state index in [1.54, 1.807) is 0 Å². The average molecular weight is 444 g/mol. The second-order valence-electron chi connectivity index (χ2n) is 8.05. The Kier molecular flexibility index (Phi) is 13.6. The molecule has 0 fully saturated rings. The average Bonchev–Trinajstić information content (AvgIpc) is 2.87. The Balaban J connectivity index is 0.00000129. The summed E-state index contributed by atoms with van der Waals surface area (Å²) in [6.07, 6.45) is 14.1. The van der Waals surface area contributed by atoms with Crippen LogP contribution in [0.5, 0.6) is 0 Å². The van der Waals surface area contributed by atoms with E-state index in [0.29, 0.717) is 5.92 Å². The quantitative estimate of drug-likeness (QED) is 0.401. The van der Waals surface area contributed by atoms with Gasteiger partial charge in [0.05, 0.1) is 0 Å². The Morgan fingerprint density at radius 2 is 1.70 bits per heavy atom. The summed E-state index contributed by atoms with van der Waals surface area (Å²) in [4.78, 5) is 0. The normalized spacial score (nSPS) is 14.5. The van der Waals surface area contributed by atoms with Crippen molar-refractivity contribution in [3.63, 3.8) is 0 Å². The van der Waals surface area contributed by atoms with Crippen LogP contribution < -0.4 is 5.32 Å². The van der Waals surface area contributed by atoms with Crippen molar-refractivity contribution in [1.82, 2.24) is 5.32 Å². The van der Waals surface area contributed by atoms with Crippen LogP contribution in [0.25, 0.3) is 0 Å². The minimum atomic E-state index is 0.236. The predicted octanol–water partition coefficient (Wildman–Crippen LogP) is 9.39. The molecule has 0 heterocycles. The van der Waals surface area contributed by atoms with Crippen LogP contribution in [0, 0.1) is 6.92 Å². The van der Waals surface area contributed by atoms with Gasteiger partial charge in [-0.2, -0.15) is 0 Å². The van der Waals surface area contributed by atoms with Crippen molar-refractivity contribution in [3.8, 4) is 0 Å². The maximum absolute atomic E-state index is 3.89. The van der Waals surface area contributed by atoms with Crippen molar-refractivity contribution in [2.75, 3.05) is 0 Å². The highest BCUT2D eigenvalue weighted by atomic mass is 14.9. The fraction of sp³-hybridized carbons (Fsp3) is 0.375. The molecule has 33 heavy (non-hydrogen) atoms. The Morgan fingerprint density at radius 3 is 2.30 bits per heavy atom. The molecule has 178 valence electrons. The zero-order valence-electron chi connectivity index (χ0n) is 22.0. The molecule has 1 N–H and O–H groups in total. The second kappa shape index (κ2) is 15.9. The molecule has 0 bridgehead atoms. The standard InChI is InChI=1S/C28H33N.2C2H6/c1-5-12-24-17-21(2)18-27(20-24)23(4)29-28(26-15-10-7-11-16-26)19-22(3)25-13-8-6-9-14-25;2*1-2/h5-10,13-15,17-20,22-23,29H,1,11-12,16H2,2-4H3;2*1-2H3/b28-19-;;. The highest BCUT2D eigenvalue weighted by molar-refractivity contribution is 5.40. The molecule has 2 atom stereocenters. The molecule has 2 aromatic carbocycles. The molecule has 0 amide bonds. The van der Waals surface area contributed by atoms with Crippen LogP contribution in [0.15, 0.2) is 96.8 Å². The molecule has 3 rings (SSSR count). The molecule has 0 spiro atoms. The fourth-order valence-electron chi connectivity index (χ4n) is 3.92. The molecule has 1 aliphatic rings. The Bertz CT molecular complexity index is 915. The zero-order chi connectivity index (χ0) is 24.6. The van der Waals surface area contributed by atoms with Crippen LogP contribution in [0.1, 0.15) is 88.6 Å². The van der Waals surface area contributed by atoms with E-state index < -0.39 is 0 Å². The molecule has 0 saturated carbocycles. The second-order valence-corrected chi connectivity index (χ2v) is 8.05. The first kappa shape index (κ1) is 28.2. The van der Waals surface area contributed by atoms with Gasteiger partial charge in [0.15, 0.2) is 0 Å². The van der Waals surface area contributed by atoms with E-state index in [4.69, 9.17) is 0 Å². The summed E-state index contributed by atoms with van der Waals surface area (Å²) >= 11 is 0. The van der Waals surface area contributed by atoms with E-state index in [1.807, 2.05) is 33.8 Å². The SMILES string of the molecule is C=CCc1cc(C)cc(C(C)N/C(=C\C(C)c2ccccc2)C2=CC=CCC2)c1.CC.CC. The smallest absolute Gasteiger partial charge is 0.0485 e. The zero-order valence-corrected chi connectivity index (χ0v) is 22.0. The van der Waals surface area contributed by atoms with E-state index in [1.165, 1.54) is 33.5 Å². The molecule has 0 radical (unpaired) electrons. The van der Waals surface area contributed by atoms with E-state index in [-0.39, 0.29) is 6.04 Å². The van der Waals surface area contributed by atoms with Crippen LogP contribution in [0.4, 0.5) is 0 Å². The van der Waals surface area contributed by atoms with Crippen molar-refractivity contribution < 1.29 is 0 Å². The van der Waals surface area contributed by atoms with Gasteiger partial charge in [-0.25, -0.2) is 0 Å². The molecular formula is C32H45N. The minimum Gasteiger partial charge on any atom is -0.379 e. The van der Waals surface area contributed by atoms with Crippen LogP contribution in [-0.2, 0) is 6.42 Å². The highest BCUT2D eigenvalue weighted by Crippen LogP contribution is 2.27. The molecule has 1 heteroatoms. The largest absolute Gasteiger partial charge is 0.379 e. The summed E-state index contributed by atoms with van der Waals surface area (Å²) in [6, 6.07) is 17.8. The van der Waals surface area contributed by atoms with E-state index in [2.05, 4.69) is 106 Å². The van der Waals surface area contributed by atoms with Crippen molar-refractivity contribution in [2.45, 2.75) is 79.7 Å². The number of allylic oxidation sites excluding steroid dienone is 6. The third-order valence-corrected chi connectivity index (χ3v) is 5.51. The van der Waals surface area contributed by atoms with Crippen molar-refractivity contribution in [2.24, 2.45) is 0 Å². The molecule has 1 nitrogen and oxygen atoms in total. The third-order valence-electron chi connectivity index (χ3n) is 5.51. The Labute approximate surface area is 204 Å². The number of aryl methyl sites for hydroxylation is 1. The van der Waals surface area contributed by atoms with Crippen molar-refractivity contribution in [1.29, 1.82) is 0 Å². The minimum absolute atomic E-state index is 0.236. The molecule has 0 aromatic heterocycles. The lowest BCUT2D eigenvalue weighted by Gasteiger charge is -2.24. The van der Waals surface area contributed by atoms with E-state index in [0.717, 1.165) is 19.3 Å². The summed E-state index contributed by atoms with van der Waals surface area (Å²) in [5.74, 6) is 0.353. The van der Waals surface area contributed by atoms with Crippen LogP contribution in [-0.4, -0.2) is 0 Å². The number of nitrogens with one attached hydrogen (secondary N) is 1. The Morgan fingerprint density at radius 1 is 1.00 bits per heavy atom. The summed E-state index contributed by atoms with van der Waals surface area (Å²) in [5.41, 5.74) is 7.94. The molecule has 2 unspecified atom stereocenters. The van der Waals surface area contributed by atoms with Gasteiger partial charge in [0.1, 0.15) is 0 Å². The lowest BCUT2D eigenvalue weighted by molar-refractivity contribution is 0.645. The summed E-state index contributed by atoms with van der Waals surface area (Å²) < 4.78 is 0. The topological polar surface area (TPSA) is 12.0 Å². The van der Waals surface area contributed by atoms with Gasteiger partial charge >= 0.3 is 0 Å². The first-order valence-corrected chi connectivity index (χ1v) is 12.7. The molecule has 0 aliphatic heterocycles. The van der Waals surface area contributed by atoms with Gasteiger partial charge in [0, 0.05) is 17.7 Å². The van der Waals surface area contributed by atoms with Gasteiger partial charge in [-0.05, 0) is 55.4 Å². The predicted molar refractivity (Wildman–Crippen MR) is 149 cm³/mol. The third kappa shape index (κ3) is 9.30. The van der Waals surface area contributed by atoms with Crippen LogP contribution in [0.3, 0.4) is 0 Å². The van der Waals surface area contributed by atoms with Crippen LogP contribution in [0.2, 0.25) is 0 Å². The summed E-state index contributed by atoms with van der Waals surface area (Å²) in [6.45, 7) is 18.6. The summed E-state index contributed by atoms with van der Waals surface area (Å²) in [5, 5.41) is 3.83. The van der Waals surface area contributed by atoms with Crippen molar-refractivity contribution in [3.05, 3.63) is 119 Å². The van der Waals surface area contributed by atoms with E-state index >= 15 is 0 Å². The Hall–Kier alpha value is -2.80. The van der Waals surface area contributed by atoms with Crippen LogP contribution >= 0.6 is 0 Å². The first-order valence-electron chi connectivity index (χ1n) is 12.7. The lowest BCUT2D eigenvalue weighted by Crippen LogP contribution is -2.21. The monoisotopic (exact) mass is 443 g/mol. The number of rotatable bonds is 8.